The molecule has 0 radical (unpaired) electrons. The van der Waals surface area contributed by atoms with E-state index in [1.165, 1.54) is 31.2 Å². The van der Waals surface area contributed by atoms with Gasteiger partial charge in [-0.3, -0.25) is 0 Å². The number of rotatable bonds is 3. The molecule has 1 aliphatic carbocycles. The summed E-state index contributed by atoms with van der Waals surface area (Å²) in [6.45, 7) is 0.889. The van der Waals surface area contributed by atoms with Gasteiger partial charge in [-0.25, -0.2) is 0 Å². The third-order valence-corrected chi connectivity index (χ3v) is 3.01. The Balaban J connectivity index is 1.90. The van der Waals surface area contributed by atoms with Gasteiger partial charge in [0.2, 0.25) is 0 Å². The van der Waals surface area contributed by atoms with E-state index >= 15 is 0 Å². The van der Waals surface area contributed by atoms with Crippen LogP contribution in [-0.4, -0.2) is 6.04 Å². The van der Waals surface area contributed by atoms with Crippen LogP contribution in [0.15, 0.2) is 24.3 Å². The first-order valence-electron chi connectivity index (χ1n) is 5.61. The highest BCUT2D eigenvalue weighted by Crippen LogP contribution is 2.18. The lowest BCUT2D eigenvalue weighted by Crippen LogP contribution is -2.25. The maximum absolute atomic E-state index is 8.77. The van der Waals surface area contributed by atoms with Gasteiger partial charge in [-0.05, 0) is 30.5 Å². The largest absolute Gasteiger partial charge is 0.310 e. The van der Waals surface area contributed by atoms with Crippen molar-refractivity contribution >= 4 is 0 Å². The van der Waals surface area contributed by atoms with Gasteiger partial charge in [0, 0.05) is 12.6 Å². The average Bonchev–Trinajstić information content (AvgIpc) is 2.79. The highest BCUT2D eigenvalue weighted by atomic mass is 14.9. The van der Waals surface area contributed by atoms with Gasteiger partial charge in [-0.15, -0.1) is 0 Å². The second-order valence-electron chi connectivity index (χ2n) is 4.17. The molecule has 15 heavy (non-hydrogen) atoms. The Morgan fingerprint density at radius 1 is 1.33 bits per heavy atom. The molecule has 1 aliphatic rings. The molecule has 0 spiro atoms. The van der Waals surface area contributed by atoms with Crippen molar-refractivity contribution in [2.45, 2.75) is 38.3 Å². The molecular formula is C13H16N2. The minimum absolute atomic E-state index is 0.691. The summed E-state index contributed by atoms with van der Waals surface area (Å²) in [6.07, 6.45) is 5.32. The molecule has 78 valence electrons. The SMILES string of the molecule is N#Cc1cccc(CNC2CCCC2)c1. The zero-order valence-corrected chi connectivity index (χ0v) is 8.87. The van der Waals surface area contributed by atoms with Gasteiger partial charge in [-0.1, -0.05) is 25.0 Å². The zero-order chi connectivity index (χ0) is 10.5. The quantitative estimate of drug-likeness (QED) is 0.814. The monoisotopic (exact) mass is 200 g/mol. The third-order valence-electron chi connectivity index (χ3n) is 3.01. The van der Waals surface area contributed by atoms with Crippen LogP contribution in [0.3, 0.4) is 0 Å². The number of benzene rings is 1. The van der Waals surface area contributed by atoms with Crippen LogP contribution in [0.1, 0.15) is 36.8 Å². The van der Waals surface area contributed by atoms with Crippen molar-refractivity contribution in [3.05, 3.63) is 35.4 Å². The second kappa shape index (κ2) is 4.95. The smallest absolute Gasteiger partial charge is 0.0991 e. The van der Waals surface area contributed by atoms with Crippen LogP contribution in [0.5, 0.6) is 0 Å². The average molecular weight is 200 g/mol. The fourth-order valence-electron chi connectivity index (χ4n) is 2.14. The maximum atomic E-state index is 8.77. The number of hydrogen-bond donors (Lipinski definition) is 1. The number of nitrogens with zero attached hydrogens (tertiary/aromatic N) is 1. The lowest BCUT2D eigenvalue weighted by atomic mass is 10.1. The Bertz CT molecular complexity index is 359. The van der Waals surface area contributed by atoms with Crippen LogP contribution in [0.4, 0.5) is 0 Å². The van der Waals surface area contributed by atoms with Crippen LogP contribution in [0, 0.1) is 11.3 Å². The molecule has 0 bridgehead atoms. The van der Waals surface area contributed by atoms with Crippen LogP contribution < -0.4 is 5.32 Å². The topological polar surface area (TPSA) is 35.8 Å². The fraction of sp³-hybridized carbons (Fsp3) is 0.462. The lowest BCUT2D eigenvalue weighted by Gasteiger charge is -2.11. The Kier molecular flexibility index (Phi) is 3.37. The minimum Gasteiger partial charge on any atom is -0.310 e. The number of hydrogen-bond acceptors (Lipinski definition) is 2. The molecular weight excluding hydrogens is 184 g/mol. The van der Waals surface area contributed by atoms with Gasteiger partial charge in [0.15, 0.2) is 0 Å². The Morgan fingerprint density at radius 3 is 2.87 bits per heavy atom. The molecule has 1 aromatic carbocycles. The van der Waals surface area contributed by atoms with Crippen molar-refractivity contribution < 1.29 is 0 Å². The molecule has 0 heterocycles. The first-order valence-corrected chi connectivity index (χ1v) is 5.61. The van der Waals surface area contributed by atoms with E-state index in [0.717, 1.165) is 12.1 Å². The van der Waals surface area contributed by atoms with Gasteiger partial charge in [0.25, 0.3) is 0 Å². The normalized spacial score (nSPS) is 16.5. The predicted molar refractivity (Wildman–Crippen MR) is 60.3 cm³/mol. The van der Waals surface area contributed by atoms with Crippen LogP contribution in [0.2, 0.25) is 0 Å². The molecule has 0 aromatic heterocycles. The molecule has 0 aliphatic heterocycles. The summed E-state index contributed by atoms with van der Waals surface area (Å²) in [6, 6.07) is 10.7. The molecule has 0 atom stereocenters. The first-order chi connectivity index (χ1) is 7.38. The van der Waals surface area contributed by atoms with E-state index in [4.69, 9.17) is 5.26 Å². The summed E-state index contributed by atoms with van der Waals surface area (Å²) in [4.78, 5) is 0. The van der Waals surface area contributed by atoms with Gasteiger partial charge in [0.05, 0.1) is 11.6 Å². The molecule has 0 unspecified atom stereocenters. The predicted octanol–water partition coefficient (Wildman–Crippen LogP) is 2.59. The first kappa shape index (κ1) is 10.2. The molecule has 1 N–H and O–H groups in total. The van der Waals surface area contributed by atoms with Crippen LogP contribution in [0.25, 0.3) is 0 Å². The fourth-order valence-corrected chi connectivity index (χ4v) is 2.14. The van der Waals surface area contributed by atoms with Crippen LogP contribution >= 0.6 is 0 Å². The van der Waals surface area contributed by atoms with E-state index in [0.29, 0.717) is 6.04 Å². The summed E-state index contributed by atoms with van der Waals surface area (Å²) in [7, 11) is 0. The van der Waals surface area contributed by atoms with Gasteiger partial charge < -0.3 is 5.32 Å². The molecule has 1 saturated carbocycles. The molecule has 0 amide bonds. The highest BCUT2D eigenvalue weighted by Gasteiger charge is 2.13. The lowest BCUT2D eigenvalue weighted by molar-refractivity contribution is 0.524. The van der Waals surface area contributed by atoms with Gasteiger partial charge >= 0.3 is 0 Å². The molecule has 0 saturated heterocycles. The van der Waals surface area contributed by atoms with Crippen molar-refractivity contribution in [1.29, 1.82) is 5.26 Å². The Morgan fingerprint density at radius 2 is 2.13 bits per heavy atom. The molecule has 1 aromatic rings. The van der Waals surface area contributed by atoms with E-state index in [1.54, 1.807) is 0 Å². The minimum atomic E-state index is 0.691. The van der Waals surface area contributed by atoms with Crippen molar-refractivity contribution in [2.75, 3.05) is 0 Å². The van der Waals surface area contributed by atoms with E-state index in [2.05, 4.69) is 17.5 Å². The third kappa shape index (κ3) is 2.81. The summed E-state index contributed by atoms with van der Waals surface area (Å²) in [5, 5.41) is 12.3. The summed E-state index contributed by atoms with van der Waals surface area (Å²) in [5.41, 5.74) is 1.96. The Hall–Kier alpha value is -1.33. The van der Waals surface area contributed by atoms with E-state index < -0.39 is 0 Å². The summed E-state index contributed by atoms with van der Waals surface area (Å²) in [5.74, 6) is 0. The van der Waals surface area contributed by atoms with E-state index in [9.17, 15) is 0 Å². The summed E-state index contributed by atoms with van der Waals surface area (Å²) < 4.78 is 0. The molecule has 2 nitrogen and oxygen atoms in total. The number of nitrogens with one attached hydrogen (secondary N) is 1. The molecule has 2 heteroatoms. The van der Waals surface area contributed by atoms with E-state index in [-0.39, 0.29) is 0 Å². The van der Waals surface area contributed by atoms with Crippen LogP contribution in [-0.2, 0) is 6.54 Å². The van der Waals surface area contributed by atoms with Crippen molar-refractivity contribution in [2.24, 2.45) is 0 Å². The molecule has 2 rings (SSSR count). The summed E-state index contributed by atoms with van der Waals surface area (Å²) >= 11 is 0. The maximum Gasteiger partial charge on any atom is 0.0991 e. The number of nitriles is 1. The van der Waals surface area contributed by atoms with E-state index in [1.807, 2.05) is 18.2 Å². The van der Waals surface area contributed by atoms with Gasteiger partial charge in [0.1, 0.15) is 0 Å². The van der Waals surface area contributed by atoms with Crippen molar-refractivity contribution in [1.82, 2.24) is 5.32 Å². The highest BCUT2D eigenvalue weighted by molar-refractivity contribution is 5.32. The van der Waals surface area contributed by atoms with Gasteiger partial charge in [-0.2, -0.15) is 5.26 Å². The standard InChI is InChI=1S/C13H16N2/c14-9-11-4-3-5-12(8-11)10-15-13-6-1-2-7-13/h3-5,8,13,15H,1-2,6-7,10H2. The van der Waals surface area contributed by atoms with Crippen molar-refractivity contribution in [3.8, 4) is 6.07 Å². The second-order valence-corrected chi connectivity index (χ2v) is 4.17. The zero-order valence-electron chi connectivity index (χ0n) is 8.87. The Labute approximate surface area is 90.9 Å². The molecule has 1 fully saturated rings. The van der Waals surface area contributed by atoms with Crippen molar-refractivity contribution in [3.63, 3.8) is 0 Å².